The van der Waals surface area contributed by atoms with Gasteiger partial charge in [0.2, 0.25) is 0 Å². The monoisotopic (exact) mass is 163 g/mol. The van der Waals surface area contributed by atoms with Crippen molar-refractivity contribution < 1.29 is 26.1 Å². The third-order valence-electron chi connectivity index (χ3n) is 0.503. The fourth-order valence-electron chi connectivity index (χ4n) is 0.218. The average molecular weight is 163 g/mol. The van der Waals surface area contributed by atoms with Crippen LogP contribution in [-0.2, 0) is 0 Å². The summed E-state index contributed by atoms with van der Waals surface area (Å²) in [6.45, 7) is -5.47. The van der Waals surface area contributed by atoms with Crippen molar-refractivity contribution in [3.63, 3.8) is 0 Å². The van der Waals surface area contributed by atoms with Crippen LogP contribution >= 0.6 is 0 Å². The van der Waals surface area contributed by atoms with Crippen LogP contribution in [0, 0.1) is 0 Å². The van der Waals surface area contributed by atoms with Crippen molar-refractivity contribution in [2.45, 2.75) is 6.18 Å². The number of halogens is 6. The van der Waals surface area contributed by atoms with Crippen molar-refractivity contribution >= 4 is 6.98 Å². The minimum atomic E-state index is -5.47. The van der Waals surface area contributed by atoms with Crippen LogP contribution in [0.25, 0.3) is 0 Å². The smallest absolute Gasteiger partial charge is 0.445 e. The Morgan fingerprint density at radius 1 is 1.00 bits per heavy atom. The lowest BCUT2D eigenvalue weighted by molar-refractivity contribution is -0.0798. The first-order valence-electron chi connectivity index (χ1n) is 2.18. The molecule has 0 aromatic rings. The highest BCUT2D eigenvalue weighted by Crippen LogP contribution is 2.19. The maximum absolute atomic E-state index is 11.1. The average Bonchev–Trinajstić information content (AvgIpc) is 1.57. The summed E-state index contributed by atoms with van der Waals surface area (Å²) in [6.07, 6.45) is -5.70. The Balaban J connectivity index is 4.01. The first kappa shape index (κ1) is 9.38. The van der Waals surface area contributed by atoms with Crippen molar-refractivity contribution in [2.24, 2.45) is 0 Å². The molecule has 0 saturated carbocycles. The zero-order valence-electron chi connectivity index (χ0n) is 4.50. The molecule has 0 nitrogen and oxygen atoms in total. The van der Waals surface area contributed by atoms with Crippen LogP contribution in [0.4, 0.5) is 26.1 Å². The number of alkyl halides is 3. The van der Waals surface area contributed by atoms with Gasteiger partial charge in [-0.2, -0.15) is 13.2 Å². The van der Waals surface area contributed by atoms with Gasteiger partial charge in [0.25, 0.3) is 0 Å². The molecule has 0 aromatic heterocycles. The summed E-state index contributed by atoms with van der Waals surface area (Å²) in [5, 5.41) is 0. The molecule has 10 heavy (non-hydrogen) atoms. The van der Waals surface area contributed by atoms with Crippen molar-refractivity contribution in [1.82, 2.24) is 0 Å². The predicted octanol–water partition coefficient (Wildman–Crippen LogP) is 2.49. The second-order valence-electron chi connectivity index (χ2n) is 1.53. The van der Waals surface area contributed by atoms with Gasteiger partial charge in [-0.25, -0.2) is 0 Å². The maximum atomic E-state index is 11.1. The van der Waals surface area contributed by atoms with Crippen LogP contribution in [0.1, 0.15) is 0 Å². The Labute approximate surface area is 52.6 Å². The fourth-order valence-corrected chi connectivity index (χ4v) is 0.218. The van der Waals surface area contributed by atoms with Crippen molar-refractivity contribution in [3.05, 3.63) is 12.1 Å². The molecule has 0 saturated heterocycles. The van der Waals surface area contributed by atoms with Gasteiger partial charge in [0.05, 0.1) is 0 Å². The Bertz CT molecular complexity index is 113. The van der Waals surface area contributed by atoms with Crippen molar-refractivity contribution in [3.8, 4) is 0 Å². The highest BCUT2D eigenvalue weighted by Gasteiger charge is 2.26. The third-order valence-corrected chi connectivity index (χ3v) is 0.503. The van der Waals surface area contributed by atoms with Crippen LogP contribution in [0.2, 0.25) is 0 Å². The normalized spacial score (nSPS) is 14.6. The Hall–Kier alpha value is -0.615. The number of rotatable bonds is 1. The molecule has 7 heteroatoms. The van der Waals surface area contributed by atoms with E-state index in [0.29, 0.717) is 0 Å². The van der Waals surface area contributed by atoms with Crippen LogP contribution in [0.5, 0.6) is 0 Å². The molecule has 0 N–H and O–H groups in total. The molecule has 0 amide bonds. The van der Waals surface area contributed by atoms with E-state index in [1.807, 2.05) is 0 Å². The molecule has 0 rings (SSSR count). The minimum Gasteiger partial charge on any atom is -0.445 e. The summed E-state index contributed by atoms with van der Waals surface area (Å²) in [7, 11) is 0. The molecule has 60 valence electrons. The van der Waals surface area contributed by atoms with Crippen LogP contribution in [0.15, 0.2) is 12.1 Å². The van der Waals surface area contributed by atoms with E-state index < -0.39 is 25.2 Å². The maximum Gasteiger partial charge on any atom is 0.502 e. The number of allylic oxidation sites excluding steroid dienone is 1. The lowest BCUT2D eigenvalue weighted by Crippen LogP contribution is -2.13. The highest BCUT2D eigenvalue weighted by atomic mass is 19.4. The van der Waals surface area contributed by atoms with Gasteiger partial charge in [-0.1, -0.05) is 0 Å². The van der Waals surface area contributed by atoms with Gasteiger partial charge in [-0.05, 0) is 6.08 Å². The zero-order chi connectivity index (χ0) is 8.41. The summed E-state index contributed by atoms with van der Waals surface area (Å²) >= 11 is 0. The van der Waals surface area contributed by atoms with Crippen molar-refractivity contribution in [2.75, 3.05) is 0 Å². The van der Waals surface area contributed by atoms with Gasteiger partial charge < -0.3 is 12.9 Å². The van der Waals surface area contributed by atoms with Crippen LogP contribution in [0.3, 0.4) is 0 Å². The first-order chi connectivity index (χ1) is 4.21. The molecule has 0 aliphatic heterocycles. The van der Waals surface area contributed by atoms with E-state index >= 15 is 0 Å². The Morgan fingerprint density at radius 2 is 1.40 bits per heavy atom. The summed E-state index contributed by atoms with van der Waals surface area (Å²) in [5.74, 6) is -0.792. The molecule has 0 unspecified atom stereocenters. The van der Waals surface area contributed by atoms with Gasteiger partial charge >= 0.3 is 13.2 Å². The molecule has 0 aromatic carbocycles. The van der Waals surface area contributed by atoms with Crippen molar-refractivity contribution in [1.29, 1.82) is 0 Å². The van der Waals surface area contributed by atoms with Gasteiger partial charge in [0.15, 0.2) is 0 Å². The van der Waals surface area contributed by atoms with E-state index in [4.69, 9.17) is 0 Å². The molecule has 0 atom stereocenters. The molecule has 0 spiro atoms. The Morgan fingerprint density at radius 3 is 1.50 bits per heavy atom. The summed E-state index contributed by atoms with van der Waals surface area (Å²) in [4.78, 5) is 0. The number of hydrogen-bond acceptors (Lipinski definition) is 0. The van der Waals surface area contributed by atoms with Gasteiger partial charge in [0.1, 0.15) is 0 Å². The van der Waals surface area contributed by atoms with Gasteiger partial charge in [-0.15, -0.1) is 5.98 Å². The molecule has 0 bridgehead atoms. The molecule has 0 heterocycles. The minimum absolute atomic E-state index is 0.792. The lowest BCUT2D eigenvalue weighted by atomic mass is 9.92. The molecule has 0 aliphatic rings. The fraction of sp³-hybridized carbons (Fsp3) is 0.333. The zero-order valence-corrected chi connectivity index (χ0v) is 4.50. The third kappa shape index (κ3) is 7.38. The van der Waals surface area contributed by atoms with Crippen LogP contribution < -0.4 is 0 Å². The van der Waals surface area contributed by atoms with E-state index in [9.17, 15) is 26.1 Å². The summed E-state index contributed by atoms with van der Waals surface area (Å²) in [5.41, 5.74) is 0. The summed E-state index contributed by atoms with van der Waals surface area (Å²) < 4.78 is 66.2. The van der Waals surface area contributed by atoms with Crippen LogP contribution in [-0.4, -0.2) is 13.2 Å². The standard InChI is InChI=1S/C3H2BF6/c5-3(6,7)1-2-4(8,9)10/h1-2H/q-1/b2-1+. The largest absolute Gasteiger partial charge is 0.502 e. The molecular weight excluding hydrogens is 161 g/mol. The van der Waals surface area contributed by atoms with E-state index in [1.54, 1.807) is 0 Å². The second kappa shape index (κ2) is 2.55. The number of hydrogen-bond donors (Lipinski definition) is 0. The molecular formula is C3H2BF6-. The predicted molar refractivity (Wildman–Crippen MR) is 24.3 cm³/mol. The molecule has 0 fully saturated rings. The van der Waals surface area contributed by atoms with E-state index in [-0.39, 0.29) is 0 Å². The summed E-state index contributed by atoms with van der Waals surface area (Å²) in [6, 6.07) is 0. The first-order valence-corrected chi connectivity index (χ1v) is 2.18. The second-order valence-corrected chi connectivity index (χ2v) is 1.53. The molecule has 0 aliphatic carbocycles. The highest BCUT2D eigenvalue weighted by molar-refractivity contribution is 6.64. The SMILES string of the molecule is F[B-](F)(F)/C=C/C(F)(F)F. The Kier molecular flexibility index (Phi) is 2.40. The topological polar surface area (TPSA) is 0 Å². The lowest BCUT2D eigenvalue weighted by Gasteiger charge is -2.07. The van der Waals surface area contributed by atoms with E-state index in [0.717, 1.165) is 0 Å². The quantitative estimate of drug-likeness (QED) is 0.411. The van der Waals surface area contributed by atoms with E-state index in [2.05, 4.69) is 0 Å². The van der Waals surface area contributed by atoms with Gasteiger partial charge in [0, 0.05) is 0 Å². The van der Waals surface area contributed by atoms with E-state index in [1.165, 1.54) is 0 Å². The molecule has 0 radical (unpaired) electrons. The van der Waals surface area contributed by atoms with Gasteiger partial charge in [-0.3, -0.25) is 0 Å².